The van der Waals surface area contributed by atoms with Crippen molar-refractivity contribution in [2.24, 2.45) is 11.7 Å². The molecule has 0 aliphatic rings. The predicted molar refractivity (Wildman–Crippen MR) is 128 cm³/mol. The van der Waals surface area contributed by atoms with Crippen LogP contribution in [-0.2, 0) is 20.8 Å². The molecule has 0 unspecified atom stereocenters. The number of nitrogens with two attached hydrogens (primary N) is 1. The summed E-state index contributed by atoms with van der Waals surface area (Å²) >= 11 is 0. The van der Waals surface area contributed by atoms with E-state index in [-0.39, 0.29) is 17.9 Å². The van der Waals surface area contributed by atoms with Crippen molar-refractivity contribution in [2.45, 2.75) is 38.8 Å². The molecule has 2 aromatic rings. The predicted octanol–water partition coefficient (Wildman–Crippen LogP) is 1.07. The van der Waals surface area contributed by atoms with E-state index < -0.39 is 52.9 Å². The van der Waals surface area contributed by atoms with Gasteiger partial charge >= 0.3 is 0 Å². The Morgan fingerprint density at radius 2 is 1.57 bits per heavy atom. The van der Waals surface area contributed by atoms with Gasteiger partial charge in [-0.05, 0) is 24.0 Å². The van der Waals surface area contributed by atoms with Gasteiger partial charge < -0.3 is 21.7 Å². The summed E-state index contributed by atoms with van der Waals surface area (Å²) in [6.07, 6.45) is 0.426. The molecule has 2 aromatic carbocycles. The highest BCUT2D eigenvalue weighted by molar-refractivity contribution is 6.01. The molecule has 0 aliphatic heterocycles. The topological polar surface area (TPSA) is 174 Å². The number of hydrogen-bond donors (Lipinski definition) is 4. The third-order valence-corrected chi connectivity index (χ3v) is 5.06. The van der Waals surface area contributed by atoms with Gasteiger partial charge in [-0.2, -0.15) is 0 Å². The van der Waals surface area contributed by atoms with Crippen LogP contribution in [0.2, 0.25) is 0 Å². The third-order valence-electron chi connectivity index (χ3n) is 5.06. The zero-order valence-corrected chi connectivity index (χ0v) is 19.5. The van der Waals surface area contributed by atoms with Gasteiger partial charge in [0.25, 0.3) is 11.6 Å². The monoisotopic (exact) mass is 483 g/mol. The standard InChI is InChI=1S/C24H29N5O6/c1-15(2)12-18(22(25)31)27-21(30)14-26-24(33)19(13-16-8-4-3-5-9-16)28-23(32)17-10-6-7-11-20(17)29(34)35/h3-11,15,18-19H,12-14H2,1-2H3,(H2,25,31)(H,26,33)(H,27,30)(H,28,32)/t18-,19-/m0/s1. The average Bonchev–Trinajstić information content (AvgIpc) is 2.81. The van der Waals surface area contributed by atoms with Crippen molar-refractivity contribution in [1.82, 2.24) is 16.0 Å². The second kappa shape index (κ2) is 12.8. The number of para-hydroxylation sites is 1. The lowest BCUT2D eigenvalue weighted by atomic mass is 10.0. The van der Waals surface area contributed by atoms with Crippen LogP contribution in [0.3, 0.4) is 0 Å². The number of rotatable bonds is 12. The lowest BCUT2D eigenvalue weighted by molar-refractivity contribution is -0.385. The fourth-order valence-electron chi connectivity index (χ4n) is 3.37. The van der Waals surface area contributed by atoms with Crippen molar-refractivity contribution >= 4 is 29.3 Å². The highest BCUT2D eigenvalue weighted by Crippen LogP contribution is 2.18. The molecule has 0 fully saturated rings. The molecule has 2 atom stereocenters. The minimum absolute atomic E-state index is 0.0813. The van der Waals surface area contributed by atoms with Gasteiger partial charge in [-0.1, -0.05) is 56.3 Å². The number of primary amides is 1. The Hall–Kier alpha value is -4.28. The summed E-state index contributed by atoms with van der Waals surface area (Å²) in [5.41, 5.74) is 5.47. The molecule has 4 amide bonds. The van der Waals surface area contributed by atoms with Gasteiger partial charge in [-0.25, -0.2) is 0 Å². The number of nitrogens with one attached hydrogen (secondary N) is 3. The summed E-state index contributed by atoms with van der Waals surface area (Å²) in [4.78, 5) is 60.2. The minimum Gasteiger partial charge on any atom is -0.368 e. The molecular weight excluding hydrogens is 454 g/mol. The van der Waals surface area contributed by atoms with E-state index in [1.54, 1.807) is 30.3 Å². The van der Waals surface area contributed by atoms with E-state index in [0.29, 0.717) is 6.42 Å². The Kier molecular flexibility index (Phi) is 9.88. The van der Waals surface area contributed by atoms with Crippen LogP contribution in [0.5, 0.6) is 0 Å². The molecule has 0 radical (unpaired) electrons. The SMILES string of the molecule is CC(C)C[C@H](NC(=O)CNC(=O)[C@H](Cc1ccccc1)NC(=O)c1ccccc1[N+](=O)[O-])C(N)=O. The molecule has 35 heavy (non-hydrogen) atoms. The lowest BCUT2D eigenvalue weighted by Crippen LogP contribution is -2.52. The number of nitro benzene ring substituents is 1. The summed E-state index contributed by atoms with van der Waals surface area (Å²) in [5, 5.41) is 18.7. The van der Waals surface area contributed by atoms with Gasteiger partial charge in [0, 0.05) is 12.5 Å². The number of hydrogen-bond acceptors (Lipinski definition) is 6. The van der Waals surface area contributed by atoms with Gasteiger partial charge in [0.2, 0.25) is 17.7 Å². The third kappa shape index (κ3) is 8.54. The Morgan fingerprint density at radius 1 is 0.943 bits per heavy atom. The van der Waals surface area contributed by atoms with Crippen LogP contribution in [0.15, 0.2) is 54.6 Å². The zero-order valence-electron chi connectivity index (χ0n) is 19.5. The largest absolute Gasteiger partial charge is 0.368 e. The molecular formula is C24H29N5O6. The number of carbonyl (C=O) groups is 4. The Morgan fingerprint density at radius 3 is 2.17 bits per heavy atom. The van der Waals surface area contributed by atoms with Crippen LogP contribution in [-0.4, -0.2) is 47.2 Å². The van der Waals surface area contributed by atoms with Gasteiger partial charge in [-0.15, -0.1) is 0 Å². The highest BCUT2D eigenvalue weighted by Gasteiger charge is 2.26. The molecule has 0 saturated heterocycles. The van der Waals surface area contributed by atoms with Crippen molar-refractivity contribution < 1.29 is 24.1 Å². The van der Waals surface area contributed by atoms with Crippen LogP contribution in [0.4, 0.5) is 5.69 Å². The Bertz CT molecular complexity index is 1070. The van der Waals surface area contributed by atoms with Crippen LogP contribution >= 0.6 is 0 Å². The van der Waals surface area contributed by atoms with Crippen molar-refractivity contribution in [3.63, 3.8) is 0 Å². The van der Waals surface area contributed by atoms with E-state index in [4.69, 9.17) is 5.73 Å². The zero-order chi connectivity index (χ0) is 26.0. The highest BCUT2D eigenvalue weighted by atomic mass is 16.6. The van der Waals surface area contributed by atoms with Crippen molar-refractivity contribution in [2.75, 3.05) is 6.54 Å². The van der Waals surface area contributed by atoms with Crippen molar-refractivity contribution in [3.8, 4) is 0 Å². The van der Waals surface area contributed by atoms with E-state index >= 15 is 0 Å². The first kappa shape index (κ1) is 27.0. The molecule has 0 aromatic heterocycles. The van der Waals surface area contributed by atoms with Gasteiger partial charge in [0.15, 0.2) is 0 Å². The van der Waals surface area contributed by atoms with E-state index in [9.17, 15) is 29.3 Å². The van der Waals surface area contributed by atoms with Crippen LogP contribution in [0.1, 0.15) is 36.2 Å². The fourth-order valence-corrected chi connectivity index (χ4v) is 3.37. The maximum absolute atomic E-state index is 12.9. The number of benzene rings is 2. The van der Waals surface area contributed by atoms with Crippen LogP contribution < -0.4 is 21.7 Å². The van der Waals surface area contributed by atoms with Crippen LogP contribution in [0.25, 0.3) is 0 Å². The molecule has 0 aliphatic carbocycles. The molecule has 11 heteroatoms. The molecule has 2 rings (SSSR count). The Labute approximate surface area is 202 Å². The average molecular weight is 484 g/mol. The molecule has 0 saturated carbocycles. The van der Waals surface area contributed by atoms with Crippen LogP contribution in [0, 0.1) is 16.0 Å². The maximum Gasteiger partial charge on any atom is 0.282 e. The van der Waals surface area contributed by atoms with Gasteiger partial charge in [-0.3, -0.25) is 29.3 Å². The quantitative estimate of drug-likeness (QED) is 0.259. The molecule has 5 N–H and O–H groups in total. The molecule has 0 bridgehead atoms. The van der Waals surface area contributed by atoms with E-state index in [1.165, 1.54) is 24.3 Å². The maximum atomic E-state index is 12.9. The lowest BCUT2D eigenvalue weighted by Gasteiger charge is -2.20. The summed E-state index contributed by atoms with van der Waals surface area (Å²) < 4.78 is 0. The first-order valence-electron chi connectivity index (χ1n) is 11.0. The first-order chi connectivity index (χ1) is 16.6. The Balaban J connectivity index is 2.13. The fraction of sp³-hybridized carbons (Fsp3) is 0.333. The smallest absolute Gasteiger partial charge is 0.282 e. The molecule has 11 nitrogen and oxygen atoms in total. The first-order valence-corrected chi connectivity index (χ1v) is 11.0. The summed E-state index contributed by atoms with van der Waals surface area (Å²) in [6, 6.07) is 12.2. The number of nitrogens with zero attached hydrogens (tertiary/aromatic N) is 1. The van der Waals surface area contributed by atoms with Gasteiger partial charge in [0.05, 0.1) is 11.5 Å². The summed E-state index contributed by atoms with van der Waals surface area (Å²) in [7, 11) is 0. The van der Waals surface area contributed by atoms with Crippen molar-refractivity contribution in [3.05, 3.63) is 75.8 Å². The van der Waals surface area contributed by atoms with Crippen molar-refractivity contribution in [1.29, 1.82) is 0 Å². The number of nitro groups is 1. The molecule has 0 spiro atoms. The van der Waals surface area contributed by atoms with Gasteiger partial charge in [0.1, 0.15) is 17.6 Å². The molecule has 186 valence electrons. The second-order valence-corrected chi connectivity index (χ2v) is 8.36. The molecule has 0 heterocycles. The van der Waals surface area contributed by atoms with E-state index in [2.05, 4.69) is 16.0 Å². The second-order valence-electron chi connectivity index (χ2n) is 8.36. The number of carbonyl (C=O) groups excluding carboxylic acids is 4. The summed E-state index contributed by atoms with van der Waals surface area (Å²) in [6.45, 7) is 3.29. The van der Waals surface area contributed by atoms with E-state index in [0.717, 1.165) is 5.56 Å². The summed E-state index contributed by atoms with van der Waals surface area (Å²) in [5.74, 6) is -2.67. The number of amides is 4. The normalized spacial score (nSPS) is 12.3. The minimum atomic E-state index is -1.12. The van der Waals surface area contributed by atoms with E-state index in [1.807, 2.05) is 13.8 Å².